The molecule has 1 aliphatic carbocycles. The van der Waals surface area contributed by atoms with Crippen LogP contribution in [0, 0.1) is 0 Å². The van der Waals surface area contributed by atoms with Crippen LogP contribution in [0.3, 0.4) is 0 Å². The smallest absolute Gasteiger partial charge is 0.355 e. The van der Waals surface area contributed by atoms with Crippen LogP contribution in [-0.4, -0.2) is 22.0 Å². The molecule has 16 heavy (non-hydrogen) atoms. The van der Waals surface area contributed by atoms with Gasteiger partial charge in [-0.05, 0) is 12.8 Å². The van der Waals surface area contributed by atoms with Crippen LogP contribution in [0.1, 0.15) is 31.0 Å². The number of carbonyl (C=O) groups excluding carboxylic acids is 1. The van der Waals surface area contributed by atoms with E-state index in [9.17, 15) is 18.0 Å². The summed E-state index contributed by atoms with van der Waals surface area (Å²) in [5.41, 5.74) is 0. The second-order valence-corrected chi connectivity index (χ2v) is 3.60. The van der Waals surface area contributed by atoms with Gasteiger partial charge in [0.15, 0.2) is 0 Å². The van der Waals surface area contributed by atoms with Crippen molar-refractivity contribution in [3.63, 3.8) is 0 Å². The van der Waals surface area contributed by atoms with Gasteiger partial charge in [0.1, 0.15) is 5.82 Å². The monoisotopic (exact) mass is 234 g/mol. The highest BCUT2D eigenvalue weighted by atomic mass is 19.4. The lowest BCUT2D eigenvalue weighted by atomic mass is 9.85. The Morgan fingerprint density at radius 2 is 2.19 bits per heavy atom. The predicted molar refractivity (Wildman–Crippen MR) is 46.8 cm³/mol. The molecule has 0 unspecified atom stereocenters. The molecule has 1 heterocycles. The average Bonchev–Trinajstić information content (AvgIpc) is 2.45. The van der Waals surface area contributed by atoms with Gasteiger partial charge < -0.3 is 4.74 Å². The number of imidazole rings is 1. The van der Waals surface area contributed by atoms with Crippen LogP contribution < -0.4 is 0 Å². The summed E-state index contributed by atoms with van der Waals surface area (Å²) in [6.07, 6.45) is -1.24. The van der Waals surface area contributed by atoms with Gasteiger partial charge in [-0.2, -0.15) is 0 Å². The average molecular weight is 234 g/mol. The van der Waals surface area contributed by atoms with Crippen LogP contribution in [-0.2, 0) is 4.74 Å². The second-order valence-electron chi connectivity index (χ2n) is 3.60. The van der Waals surface area contributed by atoms with Gasteiger partial charge in [0.2, 0.25) is 0 Å². The Labute approximate surface area is 89.0 Å². The lowest BCUT2D eigenvalue weighted by Crippen LogP contribution is -2.26. The third-order valence-corrected chi connectivity index (χ3v) is 2.54. The number of alkyl halides is 3. The summed E-state index contributed by atoms with van der Waals surface area (Å²) in [7, 11) is 0. The van der Waals surface area contributed by atoms with Crippen molar-refractivity contribution in [3.8, 4) is 0 Å². The quantitative estimate of drug-likeness (QED) is 0.750. The maximum atomic E-state index is 11.8. The Hall–Kier alpha value is -1.53. The zero-order valence-electron chi connectivity index (χ0n) is 8.20. The van der Waals surface area contributed by atoms with Crippen molar-refractivity contribution in [1.29, 1.82) is 0 Å². The lowest BCUT2D eigenvalue weighted by Gasteiger charge is -2.24. The van der Waals surface area contributed by atoms with E-state index >= 15 is 0 Å². The van der Waals surface area contributed by atoms with Crippen molar-refractivity contribution in [2.24, 2.45) is 0 Å². The van der Waals surface area contributed by atoms with Crippen LogP contribution in [0.25, 0.3) is 0 Å². The van der Waals surface area contributed by atoms with Gasteiger partial charge in [0.25, 0.3) is 0 Å². The van der Waals surface area contributed by atoms with Crippen molar-refractivity contribution < 1.29 is 22.7 Å². The lowest BCUT2D eigenvalue weighted by molar-refractivity contribution is -0.291. The predicted octanol–water partition coefficient (Wildman–Crippen LogP) is 2.66. The van der Waals surface area contributed by atoms with E-state index in [0.29, 0.717) is 5.82 Å². The molecule has 1 aromatic rings. The Morgan fingerprint density at radius 3 is 2.69 bits per heavy atom. The molecular formula is C9H9F3N2O2. The van der Waals surface area contributed by atoms with E-state index in [-0.39, 0.29) is 5.92 Å². The maximum absolute atomic E-state index is 11.8. The Bertz CT molecular complexity index is 396. The van der Waals surface area contributed by atoms with E-state index in [1.807, 2.05) is 0 Å². The number of rotatable bonds is 1. The number of nitrogens with zero attached hydrogens (tertiary/aromatic N) is 2. The SMILES string of the molecule is O=C(OC(F)(F)F)n1ccnc1C1CCC1. The van der Waals surface area contributed by atoms with Crippen LogP contribution >= 0.6 is 0 Å². The summed E-state index contributed by atoms with van der Waals surface area (Å²) in [5.74, 6) is 0.413. The Kier molecular flexibility index (Phi) is 2.61. The van der Waals surface area contributed by atoms with E-state index in [0.717, 1.165) is 23.8 Å². The molecule has 2 rings (SSSR count). The first-order valence-corrected chi connectivity index (χ1v) is 4.81. The molecule has 0 N–H and O–H groups in total. The number of halogens is 3. The Morgan fingerprint density at radius 1 is 1.50 bits per heavy atom. The number of carbonyl (C=O) groups is 1. The number of hydrogen-bond donors (Lipinski definition) is 0. The number of ether oxygens (including phenoxy) is 1. The van der Waals surface area contributed by atoms with E-state index in [1.165, 1.54) is 12.4 Å². The molecule has 88 valence electrons. The third kappa shape index (κ3) is 2.17. The molecular weight excluding hydrogens is 225 g/mol. The summed E-state index contributed by atoms with van der Waals surface area (Å²) in [4.78, 5) is 15.1. The molecule has 1 aromatic heterocycles. The highest BCUT2D eigenvalue weighted by molar-refractivity contribution is 5.71. The van der Waals surface area contributed by atoms with E-state index in [1.54, 1.807) is 0 Å². The molecule has 0 radical (unpaired) electrons. The van der Waals surface area contributed by atoms with Crippen LogP contribution in [0.15, 0.2) is 12.4 Å². The molecule has 4 nitrogen and oxygen atoms in total. The zero-order chi connectivity index (χ0) is 11.8. The van der Waals surface area contributed by atoms with Gasteiger partial charge in [0.05, 0.1) is 0 Å². The van der Waals surface area contributed by atoms with Crippen molar-refractivity contribution in [2.45, 2.75) is 31.5 Å². The molecule has 0 aromatic carbocycles. The van der Waals surface area contributed by atoms with Gasteiger partial charge in [-0.25, -0.2) is 14.3 Å². The molecule has 1 fully saturated rings. The van der Waals surface area contributed by atoms with Gasteiger partial charge >= 0.3 is 12.5 Å². The highest BCUT2D eigenvalue weighted by Gasteiger charge is 2.36. The van der Waals surface area contributed by atoms with E-state index in [2.05, 4.69) is 9.72 Å². The topological polar surface area (TPSA) is 44.1 Å². The van der Waals surface area contributed by atoms with Crippen molar-refractivity contribution in [1.82, 2.24) is 9.55 Å². The van der Waals surface area contributed by atoms with Crippen molar-refractivity contribution >= 4 is 6.09 Å². The van der Waals surface area contributed by atoms with E-state index < -0.39 is 12.5 Å². The standard InChI is InChI=1S/C9H9F3N2O2/c10-9(11,12)16-8(15)14-5-4-13-7(14)6-2-1-3-6/h4-6H,1-3H2. The first-order chi connectivity index (χ1) is 7.47. The van der Waals surface area contributed by atoms with Crippen molar-refractivity contribution in [3.05, 3.63) is 18.2 Å². The minimum absolute atomic E-state index is 0.0655. The third-order valence-electron chi connectivity index (χ3n) is 2.54. The molecule has 1 saturated carbocycles. The fourth-order valence-electron chi connectivity index (χ4n) is 1.59. The highest BCUT2D eigenvalue weighted by Crippen LogP contribution is 2.35. The second kappa shape index (κ2) is 3.80. The molecule has 0 aliphatic heterocycles. The summed E-state index contributed by atoms with van der Waals surface area (Å²) in [6.45, 7) is 0. The minimum Gasteiger partial charge on any atom is -0.355 e. The molecule has 1 aliphatic rings. The van der Waals surface area contributed by atoms with Crippen LogP contribution in [0.4, 0.5) is 18.0 Å². The first-order valence-electron chi connectivity index (χ1n) is 4.81. The fraction of sp³-hybridized carbons (Fsp3) is 0.556. The summed E-state index contributed by atoms with van der Waals surface area (Å²) < 4.78 is 39.7. The number of hydrogen-bond acceptors (Lipinski definition) is 3. The summed E-state index contributed by atoms with van der Waals surface area (Å²) >= 11 is 0. The van der Waals surface area contributed by atoms with Crippen molar-refractivity contribution in [2.75, 3.05) is 0 Å². The molecule has 0 bridgehead atoms. The summed E-state index contributed by atoms with van der Waals surface area (Å²) in [5, 5.41) is 0. The van der Waals surface area contributed by atoms with Gasteiger partial charge in [-0.15, -0.1) is 13.2 Å². The zero-order valence-corrected chi connectivity index (χ0v) is 8.20. The molecule has 0 amide bonds. The number of aromatic nitrogens is 2. The molecule has 7 heteroatoms. The first kappa shape index (κ1) is 11.0. The van der Waals surface area contributed by atoms with Crippen LogP contribution in [0.2, 0.25) is 0 Å². The summed E-state index contributed by atoms with van der Waals surface area (Å²) in [6, 6.07) is 0. The van der Waals surface area contributed by atoms with Gasteiger partial charge in [0, 0.05) is 18.3 Å². The Balaban J connectivity index is 2.14. The molecule has 0 saturated heterocycles. The maximum Gasteiger partial charge on any atom is 0.576 e. The van der Waals surface area contributed by atoms with Crippen LogP contribution in [0.5, 0.6) is 0 Å². The molecule has 0 spiro atoms. The minimum atomic E-state index is -4.96. The largest absolute Gasteiger partial charge is 0.576 e. The fourth-order valence-corrected chi connectivity index (χ4v) is 1.59. The van der Waals surface area contributed by atoms with Gasteiger partial charge in [-0.3, -0.25) is 0 Å². The normalized spacial score (nSPS) is 16.9. The van der Waals surface area contributed by atoms with Gasteiger partial charge in [-0.1, -0.05) is 6.42 Å². The van der Waals surface area contributed by atoms with E-state index in [4.69, 9.17) is 0 Å². The molecule has 0 atom stereocenters.